The maximum Gasteiger partial charge on any atom is 0.328 e. The minimum absolute atomic E-state index is 0.0219. The van der Waals surface area contributed by atoms with E-state index in [0.29, 0.717) is 12.2 Å². The van der Waals surface area contributed by atoms with Gasteiger partial charge in [-0.25, -0.2) is 9.59 Å². The molecule has 270 valence electrons. The van der Waals surface area contributed by atoms with Crippen LogP contribution in [0.2, 0.25) is 0 Å². The number of hydrogen-bond donors (Lipinski definition) is 3. The molecule has 0 spiro atoms. The summed E-state index contributed by atoms with van der Waals surface area (Å²) in [5.74, 6) is 0.179. The Hall–Kier alpha value is -5.01. The van der Waals surface area contributed by atoms with Crippen molar-refractivity contribution in [1.29, 1.82) is 0 Å². The molecule has 1 aliphatic rings. The molecule has 2 heterocycles. The lowest BCUT2D eigenvalue weighted by Crippen LogP contribution is -2.47. The number of aromatic nitrogens is 3. The van der Waals surface area contributed by atoms with Gasteiger partial charge in [-0.3, -0.25) is 0 Å². The molecular formula is C40H43N5O6S. The molecule has 0 aliphatic carbocycles. The number of aliphatic hydroxyl groups excluding tert-OH is 1. The molecule has 0 saturated carbocycles. The molecule has 1 aromatic heterocycles. The number of nitrogens with zero attached hydrogens (tertiary/aromatic N) is 3. The zero-order valence-corrected chi connectivity index (χ0v) is 30.2. The summed E-state index contributed by atoms with van der Waals surface area (Å²) in [6, 6.07) is 32.1. The Morgan fingerprint density at radius 1 is 0.904 bits per heavy atom. The summed E-state index contributed by atoms with van der Waals surface area (Å²) in [6.45, 7) is 2.37. The smallest absolute Gasteiger partial charge is 0.328 e. The van der Waals surface area contributed by atoms with Gasteiger partial charge in [0.15, 0.2) is 11.4 Å². The number of nitrogens with one attached hydrogen (secondary N) is 2. The van der Waals surface area contributed by atoms with Crippen molar-refractivity contribution in [2.45, 2.75) is 56.2 Å². The van der Waals surface area contributed by atoms with E-state index in [1.807, 2.05) is 109 Å². The molecule has 52 heavy (non-hydrogen) atoms. The number of aliphatic hydroxyl groups is 1. The third kappa shape index (κ3) is 9.25. The third-order valence-corrected chi connectivity index (χ3v) is 10.2. The van der Waals surface area contributed by atoms with Crippen LogP contribution in [0.1, 0.15) is 47.1 Å². The Kier molecular flexibility index (Phi) is 12.4. The molecule has 3 N–H and O–H groups in total. The summed E-state index contributed by atoms with van der Waals surface area (Å²) in [7, 11) is 3.23. The van der Waals surface area contributed by atoms with E-state index in [9.17, 15) is 14.7 Å². The molecule has 1 fully saturated rings. The van der Waals surface area contributed by atoms with E-state index in [2.05, 4.69) is 33.8 Å². The highest BCUT2D eigenvalue weighted by atomic mass is 32.2. The monoisotopic (exact) mass is 721 g/mol. The lowest BCUT2D eigenvalue weighted by atomic mass is 9.91. The van der Waals surface area contributed by atoms with E-state index in [0.717, 1.165) is 44.1 Å². The Balaban J connectivity index is 1.16. The number of urea groups is 1. The van der Waals surface area contributed by atoms with E-state index in [1.54, 1.807) is 18.1 Å². The fourth-order valence-electron chi connectivity index (χ4n) is 6.17. The number of esters is 1. The number of ether oxygens (including phenoxy) is 3. The van der Waals surface area contributed by atoms with Crippen LogP contribution >= 0.6 is 11.8 Å². The molecule has 5 unspecified atom stereocenters. The summed E-state index contributed by atoms with van der Waals surface area (Å²) >= 11 is 1.60. The quantitative estimate of drug-likeness (QED) is 0.0968. The van der Waals surface area contributed by atoms with Crippen molar-refractivity contribution in [3.8, 4) is 11.1 Å². The Morgan fingerprint density at radius 2 is 1.63 bits per heavy atom. The second-order valence-corrected chi connectivity index (χ2v) is 13.8. The normalized spacial score (nSPS) is 19.1. The van der Waals surface area contributed by atoms with Gasteiger partial charge in [-0.2, -0.15) is 0 Å². The van der Waals surface area contributed by atoms with Gasteiger partial charge in [-0.15, -0.1) is 10.2 Å². The highest BCUT2D eigenvalue weighted by Gasteiger charge is 2.38. The first-order chi connectivity index (χ1) is 25.3. The molecule has 11 nitrogen and oxygen atoms in total. The van der Waals surface area contributed by atoms with Gasteiger partial charge < -0.3 is 34.5 Å². The number of amides is 2. The van der Waals surface area contributed by atoms with Crippen molar-refractivity contribution in [2.24, 2.45) is 13.0 Å². The summed E-state index contributed by atoms with van der Waals surface area (Å²) < 4.78 is 20.2. The highest BCUT2D eigenvalue weighted by molar-refractivity contribution is 7.99. The van der Waals surface area contributed by atoms with Crippen LogP contribution in [0.4, 0.5) is 4.79 Å². The zero-order chi connectivity index (χ0) is 36.5. The van der Waals surface area contributed by atoms with Gasteiger partial charge in [0.1, 0.15) is 12.4 Å². The lowest BCUT2D eigenvalue weighted by molar-refractivity contribution is -0.268. The van der Waals surface area contributed by atoms with Gasteiger partial charge in [0, 0.05) is 37.2 Å². The van der Waals surface area contributed by atoms with Crippen LogP contribution < -0.4 is 10.6 Å². The second-order valence-electron chi connectivity index (χ2n) is 12.8. The summed E-state index contributed by atoms with van der Waals surface area (Å²) in [4.78, 5) is 25.3. The Morgan fingerprint density at radius 3 is 2.35 bits per heavy atom. The SMILES string of the molecule is COC(=O)C(Cc1ccccc1)NC(=O)NCc1cccc(-c2cccc(C3OC(CSc4nncn4C)C(C)C(c4ccc(CO)cc4)O3)c2)c1. The number of aryl methyl sites for hydroxylation is 1. The Bertz CT molecular complexity index is 1940. The van der Waals surface area contributed by atoms with E-state index in [1.165, 1.54) is 7.11 Å². The van der Waals surface area contributed by atoms with E-state index >= 15 is 0 Å². The Labute approximate surface area is 307 Å². The van der Waals surface area contributed by atoms with Crippen molar-refractivity contribution < 1.29 is 28.9 Å². The second kappa shape index (κ2) is 17.5. The first-order valence-corrected chi connectivity index (χ1v) is 18.1. The van der Waals surface area contributed by atoms with Gasteiger partial charge in [0.2, 0.25) is 0 Å². The first-order valence-electron chi connectivity index (χ1n) is 17.1. The molecule has 1 saturated heterocycles. The van der Waals surface area contributed by atoms with Crippen LogP contribution in [0.15, 0.2) is 115 Å². The van der Waals surface area contributed by atoms with Gasteiger partial charge in [0.05, 0.1) is 25.9 Å². The number of carbonyl (C=O) groups is 2. The van der Waals surface area contributed by atoms with Crippen LogP contribution in [-0.2, 0) is 45.6 Å². The topological polar surface area (TPSA) is 137 Å². The number of methoxy groups -OCH3 is 1. The third-order valence-electron chi connectivity index (χ3n) is 9.12. The average Bonchev–Trinajstić information content (AvgIpc) is 3.60. The molecule has 5 atom stereocenters. The van der Waals surface area contributed by atoms with Gasteiger partial charge in [0.25, 0.3) is 0 Å². The molecule has 5 aromatic rings. The number of thioether (sulfide) groups is 1. The van der Waals surface area contributed by atoms with Gasteiger partial charge in [-0.05, 0) is 45.5 Å². The molecule has 12 heteroatoms. The number of carbonyl (C=O) groups excluding carboxylic acids is 2. The maximum atomic E-state index is 12.9. The summed E-state index contributed by atoms with van der Waals surface area (Å²) in [6.07, 6.45) is 0.976. The van der Waals surface area contributed by atoms with Gasteiger partial charge >= 0.3 is 12.0 Å². The van der Waals surface area contributed by atoms with Crippen molar-refractivity contribution >= 4 is 23.8 Å². The van der Waals surface area contributed by atoms with Crippen molar-refractivity contribution in [3.05, 3.63) is 137 Å². The molecule has 6 rings (SSSR count). The van der Waals surface area contributed by atoms with Crippen molar-refractivity contribution in [3.63, 3.8) is 0 Å². The average molecular weight is 722 g/mol. The molecule has 0 bridgehead atoms. The number of hydrogen-bond acceptors (Lipinski definition) is 9. The fraction of sp³-hybridized carbons (Fsp3) is 0.300. The molecular weight excluding hydrogens is 679 g/mol. The standard InChI is InChI=1S/C40H43N5O6S/c1-26-35(24-52-40-44-42-25-45(40)2)50-38(51-36(26)30-17-15-28(23-46)16-18-30)33-14-8-13-32(21-33)31-12-7-11-29(19-31)22-41-39(48)43-34(37(47)49-3)20-27-9-5-4-6-10-27/h4-19,21,25-26,34-36,38,46H,20,22-24H2,1-3H3,(H2,41,43,48). The predicted octanol–water partition coefficient (Wildman–Crippen LogP) is 6.14. The van der Waals surface area contributed by atoms with E-state index in [-0.39, 0.29) is 31.3 Å². The van der Waals surface area contributed by atoms with Crippen LogP contribution in [0, 0.1) is 5.92 Å². The highest BCUT2D eigenvalue weighted by Crippen LogP contribution is 2.43. The molecule has 4 aromatic carbocycles. The summed E-state index contributed by atoms with van der Waals surface area (Å²) in [5, 5.41) is 24.3. The van der Waals surface area contributed by atoms with Crippen molar-refractivity contribution in [1.82, 2.24) is 25.4 Å². The largest absolute Gasteiger partial charge is 0.467 e. The lowest BCUT2D eigenvalue weighted by Gasteiger charge is -2.41. The van der Waals surface area contributed by atoms with E-state index < -0.39 is 24.3 Å². The minimum atomic E-state index is -0.821. The van der Waals surface area contributed by atoms with Crippen LogP contribution in [0.25, 0.3) is 11.1 Å². The molecule has 1 aliphatic heterocycles. The minimum Gasteiger partial charge on any atom is -0.467 e. The molecule has 2 amide bonds. The van der Waals surface area contributed by atoms with E-state index in [4.69, 9.17) is 14.2 Å². The summed E-state index contributed by atoms with van der Waals surface area (Å²) in [5.41, 5.74) is 6.48. The first kappa shape index (κ1) is 36.8. The fourth-order valence-corrected chi connectivity index (χ4v) is 7.22. The van der Waals surface area contributed by atoms with Crippen LogP contribution in [-0.4, -0.2) is 56.9 Å². The zero-order valence-electron chi connectivity index (χ0n) is 29.3. The van der Waals surface area contributed by atoms with Crippen LogP contribution in [0.5, 0.6) is 0 Å². The maximum absolute atomic E-state index is 12.9. The number of rotatable bonds is 13. The van der Waals surface area contributed by atoms with Gasteiger partial charge in [-0.1, -0.05) is 110 Å². The van der Waals surface area contributed by atoms with Crippen LogP contribution in [0.3, 0.4) is 0 Å². The van der Waals surface area contributed by atoms with Crippen molar-refractivity contribution in [2.75, 3.05) is 12.9 Å². The predicted molar refractivity (Wildman–Crippen MR) is 198 cm³/mol. The molecule has 0 radical (unpaired) electrons. The number of benzene rings is 4.